The van der Waals surface area contributed by atoms with Crippen LogP contribution in [0.1, 0.15) is 33.3 Å². The van der Waals surface area contributed by atoms with Gasteiger partial charge in [0.2, 0.25) is 0 Å². The van der Waals surface area contributed by atoms with E-state index in [2.05, 4.69) is 13.8 Å². The van der Waals surface area contributed by atoms with Gasteiger partial charge in [-0.1, -0.05) is 39.8 Å². The first-order valence-corrected chi connectivity index (χ1v) is 6.62. The fourth-order valence-electron chi connectivity index (χ4n) is 2.11. The highest BCUT2D eigenvalue weighted by Gasteiger charge is 2.24. The molecule has 1 aromatic carbocycles. The van der Waals surface area contributed by atoms with Crippen molar-refractivity contribution in [3.63, 3.8) is 0 Å². The average molecular weight is 248 g/mol. The third-order valence-corrected chi connectivity index (χ3v) is 3.35. The predicted molar refractivity (Wildman–Crippen MR) is 74.9 cm³/mol. The van der Waals surface area contributed by atoms with Crippen molar-refractivity contribution in [3.8, 4) is 5.75 Å². The Morgan fingerprint density at radius 2 is 1.67 bits per heavy atom. The fourth-order valence-corrected chi connectivity index (χ4v) is 2.11. The Labute approximate surface area is 110 Å². The second kappa shape index (κ2) is 6.58. The van der Waals surface area contributed by atoms with Crippen LogP contribution in [-0.4, -0.2) is 12.9 Å². The summed E-state index contributed by atoms with van der Waals surface area (Å²) in [6, 6.07) is 7.99. The van der Waals surface area contributed by atoms with Crippen LogP contribution in [-0.2, 0) is 11.2 Å². The molecule has 1 atom stereocenters. The molecule has 1 aromatic rings. The quantitative estimate of drug-likeness (QED) is 0.766. The molecule has 0 aromatic heterocycles. The lowest BCUT2D eigenvalue weighted by Gasteiger charge is -2.21. The number of methoxy groups -OCH3 is 1. The first-order valence-electron chi connectivity index (χ1n) is 6.62. The third kappa shape index (κ3) is 3.86. The van der Waals surface area contributed by atoms with E-state index in [0.29, 0.717) is 11.7 Å². The highest BCUT2D eigenvalue weighted by Crippen LogP contribution is 2.23. The van der Waals surface area contributed by atoms with Gasteiger partial charge in [0.25, 0.3) is 0 Å². The van der Waals surface area contributed by atoms with Gasteiger partial charge in [-0.15, -0.1) is 0 Å². The molecule has 18 heavy (non-hydrogen) atoms. The molecule has 2 heteroatoms. The number of hydrogen-bond donors (Lipinski definition) is 0. The number of rotatable bonds is 6. The molecule has 0 radical (unpaired) electrons. The minimum Gasteiger partial charge on any atom is -0.497 e. The van der Waals surface area contributed by atoms with Crippen LogP contribution in [0.3, 0.4) is 0 Å². The zero-order chi connectivity index (χ0) is 13.7. The number of carbonyl (C=O) groups is 1. The van der Waals surface area contributed by atoms with Crippen LogP contribution in [0.4, 0.5) is 0 Å². The summed E-state index contributed by atoms with van der Waals surface area (Å²) >= 11 is 0. The van der Waals surface area contributed by atoms with Gasteiger partial charge in [0.15, 0.2) is 0 Å². The Hall–Kier alpha value is -1.31. The second-order valence-corrected chi connectivity index (χ2v) is 5.46. The minimum absolute atomic E-state index is 0.107. The van der Waals surface area contributed by atoms with E-state index in [-0.39, 0.29) is 11.8 Å². The van der Waals surface area contributed by atoms with Gasteiger partial charge in [0.05, 0.1) is 7.11 Å². The van der Waals surface area contributed by atoms with Crippen molar-refractivity contribution < 1.29 is 9.53 Å². The van der Waals surface area contributed by atoms with E-state index >= 15 is 0 Å². The smallest absolute Gasteiger partial charge is 0.139 e. The number of benzene rings is 1. The Bertz CT molecular complexity index is 377. The molecule has 0 amide bonds. The Balaban J connectivity index is 2.80. The molecule has 0 aliphatic rings. The van der Waals surface area contributed by atoms with Gasteiger partial charge in [0.1, 0.15) is 11.5 Å². The lowest BCUT2D eigenvalue weighted by molar-refractivity contribution is -0.127. The first kappa shape index (κ1) is 14.7. The summed E-state index contributed by atoms with van der Waals surface area (Å²) in [5, 5.41) is 0. The number of ether oxygens (including phenoxy) is 1. The molecule has 0 saturated heterocycles. The van der Waals surface area contributed by atoms with E-state index in [4.69, 9.17) is 4.74 Å². The largest absolute Gasteiger partial charge is 0.497 e. The van der Waals surface area contributed by atoms with Gasteiger partial charge in [-0.3, -0.25) is 4.79 Å². The highest BCUT2D eigenvalue weighted by atomic mass is 16.5. The van der Waals surface area contributed by atoms with Crippen LogP contribution < -0.4 is 4.74 Å². The highest BCUT2D eigenvalue weighted by molar-refractivity contribution is 5.83. The second-order valence-electron chi connectivity index (χ2n) is 5.46. The third-order valence-electron chi connectivity index (χ3n) is 3.35. The Kier molecular flexibility index (Phi) is 5.39. The summed E-state index contributed by atoms with van der Waals surface area (Å²) in [7, 11) is 1.66. The van der Waals surface area contributed by atoms with E-state index in [1.807, 2.05) is 38.1 Å². The van der Waals surface area contributed by atoms with Crippen LogP contribution in [0.5, 0.6) is 5.75 Å². The Morgan fingerprint density at radius 3 is 2.06 bits per heavy atom. The molecule has 100 valence electrons. The van der Waals surface area contributed by atoms with Gasteiger partial charge in [-0.25, -0.2) is 0 Å². The van der Waals surface area contributed by atoms with Crippen LogP contribution in [0.15, 0.2) is 24.3 Å². The normalized spacial score (nSPS) is 12.8. The van der Waals surface area contributed by atoms with Crippen LogP contribution in [0.25, 0.3) is 0 Å². The molecule has 2 nitrogen and oxygen atoms in total. The summed E-state index contributed by atoms with van der Waals surface area (Å²) < 4.78 is 5.14. The molecular weight excluding hydrogens is 224 g/mol. The number of carbonyl (C=O) groups excluding carboxylic acids is 1. The summed E-state index contributed by atoms with van der Waals surface area (Å²) in [4.78, 5) is 12.2. The topological polar surface area (TPSA) is 26.3 Å². The van der Waals surface area contributed by atoms with Gasteiger partial charge < -0.3 is 4.74 Å². The number of hydrogen-bond acceptors (Lipinski definition) is 2. The molecule has 1 unspecified atom stereocenters. The summed E-state index contributed by atoms with van der Waals surface area (Å²) in [6.45, 7) is 8.19. The van der Waals surface area contributed by atoms with Crippen molar-refractivity contribution in [1.82, 2.24) is 0 Å². The molecule has 0 heterocycles. The van der Waals surface area contributed by atoms with E-state index in [1.54, 1.807) is 7.11 Å². The van der Waals surface area contributed by atoms with Crippen molar-refractivity contribution >= 4 is 5.78 Å². The van der Waals surface area contributed by atoms with E-state index < -0.39 is 0 Å². The van der Waals surface area contributed by atoms with E-state index in [9.17, 15) is 4.79 Å². The summed E-state index contributed by atoms with van der Waals surface area (Å²) in [5.41, 5.74) is 1.20. The van der Waals surface area contributed by atoms with Crippen molar-refractivity contribution in [2.75, 3.05) is 7.11 Å². The molecule has 1 rings (SSSR count). The number of Topliss-reactive ketones (excluding diaryl/α,β-unsaturated/α-hetero) is 1. The molecular formula is C16H24O2. The van der Waals surface area contributed by atoms with Crippen LogP contribution in [0, 0.1) is 17.8 Å². The lowest BCUT2D eigenvalue weighted by Crippen LogP contribution is -2.26. The van der Waals surface area contributed by atoms with Gasteiger partial charge in [-0.05, 0) is 30.0 Å². The molecule has 0 N–H and O–H groups in total. The standard InChI is InChI=1S/C16H24O2/c1-11(2)15(16(17)12(3)4)10-13-6-8-14(18-5)9-7-13/h6-9,11-12,15H,10H2,1-5H3. The van der Waals surface area contributed by atoms with E-state index in [1.165, 1.54) is 5.56 Å². The molecule has 0 saturated carbocycles. The molecule has 0 aliphatic carbocycles. The SMILES string of the molecule is COc1ccc(CC(C(=O)C(C)C)C(C)C)cc1. The molecule has 0 bridgehead atoms. The van der Waals surface area contributed by atoms with Crippen LogP contribution >= 0.6 is 0 Å². The van der Waals surface area contributed by atoms with Crippen molar-refractivity contribution in [3.05, 3.63) is 29.8 Å². The molecule has 0 fully saturated rings. The maximum Gasteiger partial charge on any atom is 0.139 e. The maximum atomic E-state index is 12.2. The van der Waals surface area contributed by atoms with Crippen molar-refractivity contribution in [2.45, 2.75) is 34.1 Å². The maximum absolute atomic E-state index is 12.2. The van der Waals surface area contributed by atoms with Gasteiger partial charge in [0, 0.05) is 11.8 Å². The zero-order valence-corrected chi connectivity index (χ0v) is 12.1. The van der Waals surface area contributed by atoms with Crippen LogP contribution in [0.2, 0.25) is 0 Å². The molecule has 0 aliphatic heterocycles. The summed E-state index contributed by atoms with van der Waals surface area (Å²) in [5.74, 6) is 1.81. The zero-order valence-electron chi connectivity index (χ0n) is 12.1. The predicted octanol–water partition coefficient (Wildman–Crippen LogP) is 3.74. The van der Waals surface area contributed by atoms with Crippen molar-refractivity contribution in [1.29, 1.82) is 0 Å². The summed E-state index contributed by atoms with van der Waals surface area (Å²) in [6.07, 6.45) is 0.818. The van der Waals surface area contributed by atoms with E-state index in [0.717, 1.165) is 12.2 Å². The monoisotopic (exact) mass is 248 g/mol. The minimum atomic E-state index is 0.107. The van der Waals surface area contributed by atoms with Gasteiger partial charge >= 0.3 is 0 Å². The fraction of sp³-hybridized carbons (Fsp3) is 0.562. The average Bonchev–Trinajstić information content (AvgIpc) is 2.35. The van der Waals surface area contributed by atoms with Crippen molar-refractivity contribution in [2.24, 2.45) is 17.8 Å². The molecule has 0 spiro atoms. The lowest BCUT2D eigenvalue weighted by atomic mass is 9.82. The first-order chi connectivity index (χ1) is 8.45. The van der Waals surface area contributed by atoms with Gasteiger partial charge in [-0.2, -0.15) is 0 Å². The Morgan fingerprint density at radius 1 is 1.11 bits per heavy atom. The number of ketones is 1.